The van der Waals surface area contributed by atoms with Crippen molar-refractivity contribution in [3.63, 3.8) is 0 Å². The normalized spacial score (nSPS) is 17.1. The molecule has 5 N–H and O–H groups in total. The number of halogens is 2. The second-order valence-corrected chi connectivity index (χ2v) is 12.3. The van der Waals surface area contributed by atoms with Gasteiger partial charge in [0.15, 0.2) is 5.66 Å². The number of fused-ring (bicyclic) bond motifs is 1. The van der Waals surface area contributed by atoms with Gasteiger partial charge in [-0.1, -0.05) is 70.8 Å². The van der Waals surface area contributed by atoms with Crippen LogP contribution in [-0.2, 0) is 16.5 Å². The molecule has 1 heterocycles. The maximum Gasteiger partial charge on any atom is 0.335 e. The molecule has 1 atom stereocenters. The van der Waals surface area contributed by atoms with Crippen molar-refractivity contribution in [3.05, 3.63) is 92.0 Å². The minimum Gasteiger partial charge on any atom is -0.478 e. The number of anilines is 2. The molecule has 0 bridgehead atoms. The standard InChI is InChI=1S/C29H31Cl2N3O3/c1-27(2,3)17-12-16(25(32)35)13-18(28(4,5)6)23(17)29(24-19(30)8-7-9-20(24)31)33-21-11-10-15(26(36)37)14-22(21)34-29/h7-14,33-34H,1-6H3,(H2,32,35)(H,36,37). The molecule has 0 aliphatic carbocycles. The molecule has 0 saturated heterocycles. The quantitative estimate of drug-likeness (QED) is 0.282. The molecule has 0 fully saturated rings. The molecule has 3 aromatic rings. The van der Waals surface area contributed by atoms with E-state index in [4.69, 9.17) is 28.9 Å². The first-order valence-electron chi connectivity index (χ1n) is 11.9. The second kappa shape index (κ2) is 8.96. The average Bonchev–Trinajstić information content (AvgIpc) is 3.15. The van der Waals surface area contributed by atoms with Crippen molar-refractivity contribution >= 4 is 46.5 Å². The number of nitrogens with two attached hydrogens (primary N) is 1. The molecule has 4 rings (SSSR count). The second-order valence-electron chi connectivity index (χ2n) is 11.5. The van der Waals surface area contributed by atoms with Crippen LogP contribution in [0, 0.1) is 0 Å². The van der Waals surface area contributed by atoms with Crippen LogP contribution in [0.2, 0.25) is 10.0 Å². The van der Waals surface area contributed by atoms with Crippen molar-refractivity contribution in [1.29, 1.82) is 0 Å². The number of nitrogens with one attached hydrogen (secondary N) is 2. The zero-order chi connectivity index (χ0) is 27.5. The van der Waals surface area contributed by atoms with Gasteiger partial charge in [0.2, 0.25) is 5.91 Å². The van der Waals surface area contributed by atoms with Crippen LogP contribution in [0.5, 0.6) is 0 Å². The molecule has 3 aromatic carbocycles. The van der Waals surface area contributed by atoms with Crippen LogP contribution in [0.3, 0.4) is 0 Å². The van der Waals surface area contributed by atoms with Crippen LogP contribution < -0.4 is 16.4 Å². The van der Waals surface area contributed by atoms with Gasteiger partial charge in [-0.25, -0.2) is 4.79 Å². The lowest BCUT2D eigenvalue weighted by Gasteiger charge is -2.41. The first-order chi connectivity index (χ1) is 17.1. The van der Waals surface area contributed by atoms with Crippen LogP contribution in [0.1, 0.15) is 84.5 Å². The van der Waals surface area contributed by atoms with E-state index in [1.54, 1.807) is 36.4 Å². The van der Waals surface area contributed by atoms with Gasteiger partial charge in [0, 0.05) is 26.7 Å². The van der Waals surface area contributed by atoms with Crippen LogP contribution in [-0.4, -0.2) is 17.0 Å². The maximum atomic E-state index is 12.4. The molecule has 1 unspecified atom stereocenters. The summed E-state index contributed by atoms with van der Waals surface area (Å²) in [6.07, 6.45) is 0. The Morgan fingerprint density at radius 2 is 1.30 bits per heavy atom. The van der Waals surface area contributed by atoms with Crippen molar-refractivity contribution in [2.24, 2.45) is 5.73 Å². The number of benzene rings is 3. The zero-order valence-corrected chi connectivity index (χ0v) is 23.2. The van der Waals surface area contributed by atoms with Gasteiger partial charge in [0.05, 0.1) is 16.9 Å². The van der Waals surface area contributed by atoms with Crippen LogP contribution in [0.15, 0.2) is 48.5 Å². The Bertz CT molecular complexity index is 1380. The molecular formula is C29H31Cl2N3O3. The van der Waals surface area contributed by atoms with Gasteiger partial charge in [-0.15, -0.1) is 0 Å². The van der Waals surface area contributed by atoms with Gasteiger partial charge in [0.25, 0.3) is 0 Å². The van der Waals surface area contributed by atoms with E-state index in [1.165, 1.54) is 0 Å². The van der Waals surface area contributed by atoms with Crippen LogP contribution in [0.4, 0.5) is 11.4 Å². The number of amides is 1. The third-order valence-corrected chi connectivity index (χ3v) is 7.29. The number of primary amides is 1. The fraction of sp³-hybridized carbons (Fsp3) is 0.310. The molecule has 0 radical (unpaired) electrons. The Hall–Kier alpha value is -3.22. The van der Waals surface area contributed by atoms with Gasteiger partial charge in [0.1, 0.15) is 0 Å². The first kappa shape index (κ1) is 26.8. The smallest absolute Gasteiger partial charge is 0.335 e. The van der Waals surface area contributed by atoms with E-state index in [1.807, 2.05) is 12.1 Å². The number of carboxylic acid groups (broad SMARTS) is 1. The third kappa shape index (κ3) is 4.64. The predicted molar refractivity (Wildman–Crippen MR) is 150 cm³/mol. The summed E-state index contributed by atoms with van der Waals surface area (Å²) in [6.45, 7) is 12.4. The van der Waals surface area contributed by atoms with E-state index >= 15 is 0 Å². The topological polar surface area (TPSA) is 104 Å². The van der Waals surface area contributed by atoms with E-state index in [0.29, 0.717) is 32.5 Å². The summed E-state index contributed by atoms with van der Waals surface area (Å²) in [6, 6.07) is 13.8. The van der Waals surface area contributed by atoms with Crippen molar-refractivity contribution < 1.29 is 14.7 Å². The molecule has 0 aromatic heterocycles. The van der Waals surface area contributed by atoms with E-state index in [2.05, 4.69) is 52.2 Å². The van der Waals surface area contributed by atoms with Gasteiger partial charge in [-0.3, -0.25) is 4.79 Å². The van der Waals surface area contributed by atoms with E-state index in [9.17, 15) is 14.7 Å². The number of rotatable bonds is 4. The molecule has 0 saturated carbocycles. The SMILES string of the molecule is CC(C)(C)c1cc(C(N)=O)cc(C(C)(C)C)c1C1(c2c(Cl)cccc2Cl)Nc2ccc(C(=O)O)cc2N1. The summed E-state index contributed by atoms with van der Waals surface area (Å²) in [5.74, 6) is -1.55. The Labute approximate surface area is 227 Å². The predicted octanol–water partition coefficient (Wildman–Crippen LogP) is 7.12. The van der Waals surface area contributed by atoms with Gasteiger partial charge in [-0.2, -0.15) is 0 Å². The molecule has 0 spiro atoms. The molecular weight excluding hydrogens is 509 g/mol. The Kier molecular flexibility index (Phi) is 6.50. The van der Waals surface area contributed by atoms with Gasteiger partial charge >= 0.3 is 5.97 Å². The molecule has 8 heteroatoms. The molecule has 37 heavy (non-hydrogen) atoms. The summed E-state index contributed by atoms with van der Waals surface area (Å²) >= 11 is 13.7. The summed E-state index contributed by atoms with van der Waals surface area (Å²) in [7, 11) is 0. The maximum absolute atomic E-state index is 12.4. The molecule has 194 valence electrons. The number of carbonyl (C=O) groups is 2. The van der Waals surface area contributed by atoms with E-state index < -0.39 is 28.4 Å². The number of carboxylic acids is 1. The van der Waals surface area contributed by atoms with Gasteiger partial charge < -0.3 is 21.5 Å². The first-order valence-corrected chi connectivity index (χ1v) is 12.7. The largest absolute Gasteiger partial charge is 0.478 e. The van der Waals surface area contributed by atoms with Crippen molar-refractivity contribution in [3.8, 4) is 0 Å². The van der Waals surface area contributed by atoms with Gasteiger partial charge in [-0.05, 0) is 64.4 Å². The van der Waals surface area contributed by atoms with E-state index in [-0.39, 0.29) is 5.56 Å². The minimum atomic E-state index is -1.18. The average molecular weight is 540 g/mol. The fourth-order valence-electron chi connectivity index (χ4n) is 4.93. The highest BCUT2D eigenvalue weighted by atomic mass is 35.5. The Morgan fingerprint density at radius 1 is 0.784 bits per heavy atom. The number of aromatic carboxylic acids is 1. The lowest BCUT2D eigenvalue weighted by Crippen LogP contribution is -2.45. The van der Waals surface area contributed by atoms with Crippen molar-refractivity contribution in [2.75, 3.05) is 10.6 Å². The molecule has 1 aliphatic heterocycles. The Morgan fingerprint density at radius 3 is 1.76 bits per heavy atom. The fourth-order valence-corrected chi connectivity index (χ4v) is 5.61. The lowest BCUT2D eigenvalue weighted by atomic mass is 9.70. The van der Waals surface area contributed by atoms with Crippen molar-refractivity contribution in [1.82, 2.24) is 0 Å². The highest BCUT2D eigenvalue weighted by Gasteiger charge is 2.48. The lowest BCUT2D eigenvalue weighted by molar-refractivity contribution is 0.0696. The monoisotopic (exact) mass is 539 g/mol. The number of carbonyl (C=O) groups excluding carboxylic acids is 1. The van der Waals surface area contributed by atoms with Crippen LogP contribution in [0.25, 0.3) is 0 Å². The number of hydrogen-bond donors (Lipinski definition) is 4. The third-order valence-electron chi connectivity index (χ3n) is 6.66. The summed E-state index contributed by atoms with van der Waals surface area (Å²) in [5, 5.41) is 17.7. The molecule has 6 nitrogen and oxygen atoms in total. The molecule has 1 aliphatic rings. The summed E-state index contributed by atoms with van der Waals surface area (Å²) < 4.78 is 0. The summed E-state index contributed by atoms with van der Waals surface area (Å²) in [5.41, 5.74) is 8.76. The highest BCUT2D eigenvalue weighted by molar-refractivity contribution is 6.36. The summed E-state index contributed by atoms with van der Waals surface area (Å²) in [4.78, 5) is 24.2. The minimum absolute atomic E-state index is 0.144. The van der Waals surface area contributed by atoms with E-state index in [0.717, 1.165) is 16.7 Å². The Balaban J connectivity index is 2.19. The number of hydrogen-bond acceptors (Lipinski definition) is 4. The van der Waals surface area contributed by atoms with Crippen LogP contribution >= 0.6 is 23.2 Å². The zero-order valence-electron chi connectivity index (χ0n) is 21.7. The van der Waals surface area contributed by atoms with Crippen molar-refractivity contribution in [2.45, 2.75) is 58.0 Å². The molecule has 1 amide bonds. The highest BCUT2D eigenvalue weighted by Crippen LogP contribution is 2.52.